The summed E-state index contributed by atoms with van der Waals surface area (Å²) in [7, 11) is 0. The van der Waals surface area contributed by atoms with E-state index in [9.17, 15) is 0 Å². The monoisotopic (exact) mass is 338 g/mol. The molecule has 6 atom stereocenters. The molecule has 4 N–H and O–H groups in total. The Morgan fingerprint density at radius 3 is 1.41 bits per heavy atom. The summed E-state index contributed by atoms with van der Waals surface area (Å²) in [4.78, 5) is 0. The topological polar surface area (TPSA) is 48.1 Å². The molecule has 4 fully saturated rings. The van der Waals surface area contributed by atoms with Gasteiger partial charge in [0.25, 0.3) is 0 Å². The van der Waals surface area contributed by atoms with E-state index in [-0.39, 0.29) is 0 Å². The molecular formula is C16H26N4S2. The van der Waals surface area contributed by atoms with Crippen LogP contribution in [0.2, 0.25) is 0 Å². The molecule has 0 amide bonds. The summed E-state index contributed by atoms with van der Waals surface area (Å²) < 4.78 is 0. The van der Waals surface area contributed by atoms with E-state index >= 15 is 0 Å². The minimum absolute atomic E-state index is 0.563. The molecule has 122 valence electrons. The molecule has 4 rings (SSSR count). The second kappa shape index (κ2) is 6.11. The first kappa shape index (κ1) is 14.9. The quantitative estimate of drug-likeness (QED) is 0.457. The van der Waals surface area contributed by atoms with Gasteiger partial charge >= 0.3 is 0 Å². The molecule has 4 aliphatic carbocycles. The summed E-state index contributed by atoms with van der Waals surface area (Å²) in [5.41, 5.74) is 6.11. The van der Waals surface area contributed by atoms with Crippen LogP contribution in [0, 0.1) is 23.7 Å². The van der Waals surface area contributed by atoms with E-state index in [0.717, 1.165) is 23.7 Å². The van der Waals surface area contributed by atoms with Crippen LogP contribution in [0.5, 0.6) is 0 Å². The molecule has 4 saturated carbocycles. The molecule has 0 heterocycles. The van der Waals surface area contributed by atoms with Gasteiger partial charge in [-0.2, -0.15) is 0 Å². The number of fused-ring (bicyclic) bond motifs is 4. The molecule has 0 aromatic carbocycles. The summed E-state index contributed by atoms with van der Waals surface area (Å²) >= 11 is 10.8. The molecule has 6 heteroatoms. The van der Waals surface area contributed by atoms with Crippen molar-refractivity contribution in [1.29, 1.82) is 0 Å². The van der Waals surface area contributed by atoms with E-state index in [0.29, 0.717) is 22.3 Å². The van der Waals surface area contributed by atoms with Crippen molar-refractivity contribution in [2.75, 3.05) is 0 Å². The van der Waals surface area contributed by atoms with Crippen LogP contribution in [0.1, 0.15) is 51.4 Å². The Hall–Kier alpha value is -0.620. The second-order valence-electron chi connectivity index (χ2n) is 7.76. The van der Waals surface area contributed by atoms with Crippen LogP contribution >= 0.6 is 24.4 Å². The number of hydrogen-bond donors (Lipinski definition) is 4. The highest BCUT2D eigenvalue weighted by molar-refractivity contribution is 7.80. The first-order chi connectivity index (χ1) is 10.7. The van der Waals surface area contributed by atoms with Gasteiger partial charge in [-0.15, -0.1) is 0 Å². The molecule has 4 bridgehead atoms. The molecule has 4 nitrogen and oxygen atoms in total. The van der Waals surface area contributed by atoms with Crippen molar-refractivity contribution < 1.29 is 0 Å². The predicted octanol–water partition coefficient (Wildman–Crippen LogP) is 2.21. The maximum Gasteiger partial charge on any atom is 0.185 e. The van der Waals surface area contributed by atoms with Gasteiger partial charge in [0.15, 0.2) is 10.2 Å². The van der Waals surface area contributed by atoms with Crippen LogP contribution < -0.4 is 21.5 Å². The van der Waals surface area contributed by atoms with Gasteiger partial charge < -0.3 is 10.6 Å². The highest BCUT2D eigenvalue weighted by Gasteiger charge is 2.40. The van der Waals surface area contributed by atoms with Gasteiger partial charge in [-0.3, -0.25) is 10.9 Å². The Labute approximate surface area is 143 Å². The third kappa shape index (κ3) is 3.04. The van der Waals surface area contributed by atoms with E-state index in [1.807, 2.05) is 0 Å². The molecule has 22 heavy (non-hydrogen) atoms. The van der Waals surface area contributed by atoms with Crippen molar-refractivity contribution in [2.24, 2.45) is 23.7 Å². The fraction of sp³-hybridized carbons (Fsp3) is 0.875. The molecule has 0 radical (unpaired) electrons. The molecule has 0 aromatic heterocycles. The lowest BCUT2D eigenvalue weighted by Crippen LogP contribution is -2.54. The first-order valence-electron chi connectivity index (χ1n) is 8.80. The molecule has 0 saturated heterocycles. The maximum atomic E-state index is 5.39. The fourth-order valence-electron chi connectivity index (χ4n) is 5.37. The third-order valence-corrected chi connectivity index (χ3v) is 6.84. The first-order valence-corrected chi connectivity index (χ1v) is 9.62. The molecule has 0 spiro atoms. The Morgan fingerprint density at radius 2 is 1.09 bits per heavy atom. The molecule has 4 aliphatic rings. The summed E-state index contributed by atoms with van der Waals surface area (Å²) in [5.74, 6) is 3.50. The Balaban J connectivity index is 1.16. The van der Waals surface area contributed by atoms with E-state index in [2.05, 4.69) is 21.5 Å². The van der Waals surface area contributed by atoms with Crippen LogP contribution in [0.3, 0.4) is 0 Å². The van der Waals surface area contributed by atoms with Gasteiger partial charge in [-0.05, 0) is 86.6 Å². The largest absolute Gasteiger partial charge is 0.358 e. The van der Waals surface area contributed by atoms with Gasteiger partial charge in [-0.25, -0.2) is 0 Å². The van der Waals surface area contributed by atoms with E-state index in [1.165, 1.54) is 51.4 Å². The molecule has 0 aliphatic heterocycles. The van der Waals surface area contributed by atoms with E-state index in [1.54, 1.807) is 0 Å². The van der Waals surface area contributed by atoms with Crippen LogP contribution in [-0.4, -0.2) is 22.3 Å². The van der Waals surface area contributed by atoms with Gasteiger partial charge in [-0.1, -0.05) is 12.8 Å². The lowest BCUT2D eigenvalue weighted by Gasteiger charge is -2.26. The zero-order valence-corrected chi connectivity index (χ0v) is 14.6. The van der Waals surface area contributed by atoms with E-state index < -0.39 is 0 Å². The number of thiocarbonyl (C=S) groups is 2. The fourth-order valence-corrected chi connectivity index (χ4v) is 5.77. The standard InChI is InChI=1S/C16H26N4S2/c21-15(17-13-7-9-1-3-11(13)5-9)19-20-16(22)18-14-8-10-2-4-12(14)6-10/h9-14H,1-8H2,(H2,17,19,21)(H2,18,20,22)/t9-,10+,11-,12-,13-,14+/m1/s1. The number of hydrazine groups is 1. The average Bonchev–Trinajstić information content (AvgIpc) is 3.25. The zero-order valence-electron chi connectivity index (χ0n) is 12.9. The lowest BCUT2D eigenvalue weighted by atomic mass is 9.95. The average molecular weight is 339 g/mol. The minimum atomic E-state index is 0.563. The van der Waals surface area contributed by atoms with Crippen molar-refractivity contribution in [3.63, 3.8) is 0 Å². The van der Waals surface area contributed by atoms with Gasteiger partial charge in [0.05, 0.1) is 0 Å². The van der Waals surface area contributed by atoms with Crippen molar-refractivity contribution in [1.82, 2.24) is 21.5 Å². The summed E-state index contributed by atoms with van der Waals surface area (Å²) in [5, 5.41) is 8.26. The van der Waals surface area contributed by atoms with Crippen LogP contribution in [-0.2, 0) is 0 Å². The number of rotatable bonds is 2. The normalized spacial score (nSPS) is 41.5. The van der Waals surface area contributed by atoms with Crippen LogP contribution in [0.25, 0.3) is 0 Å². The minimum Gasteiger partial charge on any atom is -0.358 e. The Bertz CT molecular complexity index is 427. The lowest BCUT2D eigenvalue weighted by molar-refractivity contribution is 0.385. The maximum absolute atomic E-state index is 5.39. The molecule has 0 unspecified atom stereocenters. The highest BCUT2D eigenvalue weighted by Crippen LogP contribution is 2.45. The SMILES string of the molecule is S=C(NNC(=S)N[C@@H]1C[C@@H]2CC[C@@H]1C2)N[C@H]1C[C@H]2CC[C@@H]1C2. The molecule has 0 aromatic rings. The van der Waals surface area contributed by atoms with Crippen molar-refractivity contribution in [3.8, 4) is 0 Å². The summed E-state index contributed by atoms with van der Waals surface area (Å²) in [6.45, 7) is 0. The smallest absolute Gasteiger partial charge is 0.185 e. The van der Waals surface area contributed by atoms with Gasteiger partial charge in [0.2, 0.25) is 0 Å². The van der Waals surface area contributed by atoms with Crippen molar-refractivity contribution >= 4 is 34.7 Å². The van der Waals surface area contributed by atoms with Gasteiger partial charge in [0.1, 0.15) is 0 Å². The third-order valence-electron chi connectivity index (χ3n) is 6.40. The van der Waals surface area contributed by atoms with Crippen LogP contribution in [0.15, 0.2) is 0 Å². The summed E-state index contributed by atoms with van der Waals surface area (Å²) in [6, 6.07) is 1.13. The number of nitrogens with one attached hydrogen (secondary N) is 4. The number of hydrogen-bond acceptors (Lipinski definition) is 2. The second-order valence-corrected chi connectivity index (χ2v) is 8.58. The Morgan fingerprint density at radius 1 is 0.636 bits per heavy atom. The van der Waals surface area contributed by atoms with Crippen LogP contribution in [0.4, 0.5) is 0 Å². The highest BCUT2D eigenvalue weighted by atomic mass is 32.1. The van der Waals surface area contributed by atoms with Crippen molar-refractivity contribution in [2.45, 2.75) is 63.5 Å². The zero-order chi connectivity index (χ0) is 15.1. The van der Waals surface area contributed by atoms with Crippen molar-refractivity contribution in [3.05, 3.63) is 0 Å². The van der Waals surface area contributed by atoms with E-state index in [4.69, 9.17) is 24.4 Å². The summed E-state index contributed by atoms with van der Waals surface area (Å²) in [6.07, 6.45) is 10.9. The van der Waals surface area contributed by atoms with Gasteiger partial charge in [0, 0.05) is 12.1 Å². The molecular weight excluding hydrogens is 312 g/mol. The Kier molecular flexibility index (Phi) is 4.15. The predicted molar refractivity (Wildman–Crippen MR) is 96.2 cm³/mol.